The van der Waals surface area contributed by atoms with Crippen molar-refractivity contribution in [1.29, 1.82) is 0 Å². The van der Waals surface area contributed by atoms with Crippen molar-refractivity contribution in [2.75, 3.05) is 26.7 Å². The maximum Gasteiger partial charge on any atom is 0.236 e. The van der Waals surface area contributed by atoms with Crippen LogP contribution >= 0.6 is 0 Å². The van der Waals surface area contributed by atoms with Crippen LogP contribution < -0.4 is 10.6 Å². The Hall–Kier alpha value is -1.39. The molecule has 0 heterocycles. The molecule has 0 aliphatic heterocycles. The van der Waals surface area contributed by atoms with Crippen LogP contribution in [0.2, 0.25) is 0 Å². The van der Waals surface area contributed by atoms with Crippen LogP contribution in [0.25, 0.3) is 0 Å². The van der Waals surface area contributed by atoms with Crippen molar-refractivity contribution in [3.63, 3.8) is 0 Å². The van der Waals surface area contributed by atoms with Gasteiger partial charge in [-0.15, -0.1) is 0 Å². The molecule has 1 rings (SSSR count). The smallest absolute Gasteiger partial charge is 0.236 e. The third-order valence-corrected chi connectivity index (χ3v) is 3.69. The molecule has 0 aliphatic rings. The first-order valence-electron chi connectivity index (χ1n) is 7.37. The number of carbonyl (C=O) groups excluding carboxylic acids is 1. The van der Waals surface area contributed by atoms with Crippen molar-refractivity contribution >= 4 is 5.91 Å². The number of hydrogen-bond acceptors (Lipinski definition) is 3. The summed E-state index contributed by atoms with van der Waals surface area (Å²) in [6.07, 6.45) is 0. The fraction of sp³-hybridized carbons (Fsp3) is 0.562. The minimum absolute atomic E-state index is 0.0244. The van der Waals surface area contributed by atoms with Crippen LogP contribution in [0.3, 0.4) is 0 Å². The van der Waals surface area contributed by atoms with E-state index in [9.17, 15) is 4.79 Å². The van der Waals surface area contributed by atoms with Gasteiger partial charge in [-0.1, -0.05) is 44.2 Å². The number of benzene rings is 1. The Kier molecular flexibility index (Phi) is 7.26. The molecule has 112 valence electrons. The Balaban J connectivity index is 2.76. The lowest BCUT2D eigenvalue weighted by atomic mass is 10.0. The Morgan fingerprint density at radius 2 is 1.80 bits per heavy atom. The number of amides is 1. The van der Waals surface area contributed by atoms with Gasteiger partial charge in [0.1, 0.15) is 0 Å². The fourth-order valence-corrected chi connectivity index (χ4v) is 2.39. The predicted molar refractivity (Wildman–Crippen MR) is 83.6 cm³/mol. The van der Waals surface area contributed by atoms with Crippen LogP contribution in [0.1, 0.15) is 32.4 Å². The topological polar surface area (TPSA) is 44.4 Å². The van der Waals surface area contributed by atoms with E-state index in [-0.39, 0.29) is 11.9 Å². The average Bonchev–Trinajstić information content (AvgIpc) is 2.51. The van der Waals surface area contributed by atoms with Crippen LogP contribution in [0, 0.1) is 0 Å². The maximum absolute atomic E-state index is 11.6. The van der Waals surface area contributed by atoms with E-state index < -0.39 is 0 Å². The first-order valence-corrected chi connectivity index (χ1v) is 7.37. The van der Waals surface area contributed by atoms with Gasteiger partial charge in [0.25, 0.3) is 0 Å². The molecule has 4 heteroatoms. The quantitative estimate of drug-likeness (QED) is 0.761. The number of hydrogen-bond donors (Lipinski definition) is 2. The van der Waals surface area contributed by atoms with E-state index in [0.29, 0.717) is 6.04 Å². The molecule has 4 nitrogen and oxygen atoms in total. The highest BCUT2D eigenvalue weighted by atomic mass is 16.2. The van der Waals surface area contributed by atoms with Gasteiger partial charge in [0.15, 0.2) is 0 Å². The SMILES string of the molecule is CCN(CC)C(CNC(C)C(=O)NC)c1ccccc1. The Labute approximate surface area is 122 Å². The van der Waals surface area contributed by atoms with Crippen molar-refractivity contribution in [3.8, 4) is 0 Å². The van der Waals surface area contributed by atoms with Gasteiger partial charge in [-0.3, -0.25) is 9.69 Å². The molecule has 0 fully saturated rings. The van der Waals surface area contributed by atoms with Crippen molar-refractivity contribution < 1.29 is 4.79 Å². The number of carbonyl (C=O) groups is 1. The normalized spacial score (nSPS) is 14.1. The van der Waals surface area contributed by atoms with E-state index in [2.05, 4.69) is 53.6 Å². The highest BCUT2D eigenvalue weighted by molar-refractivity contribution is 5.80. The lowest BCUT2D eigenvalue weighted by Crippen LogP contribution is -2.45. The summed E-state index contributed by atoms with van der Waals surface area (Å²) in [4.78, 5) is 14.0. The molecule has 20 heavy (non-hydrogen) atoms. The second-order valence-corrected chi connectivity index (χ2v) is 4.89. The molecular formula is C16H27N3O. The highest BCUT2D eigenvalue weighted by Gasteiger charge is 2.19. The van der Waals surface area contributed by atoms with Gasteiger partial charge in [0.2, 0.25) is 5.91 Å². The average molecular weight is 277 g/mol. The first kappa shape index (κ1) is 16.7. The van der Waals surface area contributed by atoms with Crippen molar-refractivity contribution in [2.24, 2.45) is 0 Å². The Morgan fingerprint density at radius 3 is 2.30 bits per heavy atom. The minimum Gasteiger partial charge on any atom is -0.358 e. The monoisotopic (exact) mass is 277 g/mol. The molecule has 2 atom stereocenters. The van der Waals surface area contributed by atoms with Crippen molar-refractivity contribution in [2.45, 2.75) is 32.9 Å². The standard InChI is InChI=1S/C16H27N3O/c1-5-19(6-2)15(14-10-8-7-9-11-14)12-18-13(3)16(20)17-4/h7-11,13,15,18H,5-6,12H2,1-4H3,(H,17,20). The van der Waals surface area contributed by atoms with Gasteiger partial charge in [0.05, 0.1) is 6.04 Å². The van der Waals surface area contributed by atoms with E-state index in [1.165, 1.54) is 5.56 Å². The molecule has 0 aromatic heterocycles. The second kappa shape index (κ2) is 8.72. The molecule has 1 aromatic rings. The van der Waals surface area contributed by atoms with Gasteiger partial charge in [-0.25, -0.2) is 0 Å². The molecule has 0 saturated heterocycles. The summed E-state index contributed by atoms with van der Waals surface area (Å²) in [5.41, 5.74) is 1.29. The molecule has 0 radical (unpaired) electrons. The van der Waals surface area contributed by atoms with Crippen molar-refractivity contribution in [1.82, 2.24) is 15.5 Å². The van der Waals surface area contributed by atoms with Crippen LogP contribution in [-0.4, -0.2) is 43.5 Å². The maximum atomic E-state index is 11.6. The van der Waals surface area contributed by atoms with E-state index in [1.807, 2.05) is 13.0 Å². The van der Waals surface area contributed by atoms with Crippen LogP contribution in [0.5, 0.6) is 0 Å². The third kappa shape index (κ3) is 4.62. The highest BCUT2D eigenvalue weighted by Crippen LogP contribution is 2.19. The summed E-state index contributed by atoms with van der Waals surface area (Å²) >= 11 is 0. The number of rotatable bonds is 8. The molecular weight excluding hydrogens is 250 g/mol. The molecule has 2 unspecified atom stereocenters. The summed E-state index contributed by atoms with van der Waals surface area (Å²) in [6, 6.07) is 10.6. The zero-order chi connectivity index (χ0) is 15.0. The third-order valence-electron chi connectivity index (χ3n) is 3.69. The molecule has 1 amide bonds. The molecule has 2 N–H and O–H groups in total. The Morgan fingerprint density at radius 1 is 1.20 bits per heavy atom. The summed E-state index contributed by atoms with van der Waals surface area (Å²) in [5, 5.41) is 6.00. The van der Waals surface area contributed by atoms with E-state index in [4.69, 9.17) is 0 Å². The minimum atomic E-state index is -0.179. The molecule has 0 aliphatic carbocycles. The number of nitrogens with one attached hydrogen (secondary N) is 2. The van der Waals surface area contributed by atoms with Crippen LogP contribution in [0.15, 0.2) is 30.3 Å². The molecule has 0 bridgehead atoms. The van der Waals surface area contributed by atoms with Gasteiger partial charge in [-0.05, 0) is 25.6 Å². The number of likely N-dealkylation sites (N-methyl/N-ethyl adjacent to an activating group) is 2. The zero-order valence-electron chi connectivity index (χ0n) is 13.0. The van der Waals surface area contributed by atoms with E-state index in [1.54, 1.807) is 7.05 Å². The first-order chi connectivity index (χ1) is 9.63. The van der Waals surface area contributed by atoms with Gasteiger partial charge in [0, 0.05) is 19.6 Å². The summed E-state index contributed by atoms with van der Waals surface area (Å²) in [7, 11) is 1.67. The lowest BCUT2D eigenvalue weighted by molar-refractivity contribution is -0.122. The van der Waals surface area contributed by atoms with E-state index >= 15 is 0 Å². The summed E-state index contributed by atoms with van der Waals surface area (Å²) < 4.78 is 0. The van der Waals surface area contributed by atoms with Crippen LogP contribution in [-0.2, 0) is 4.79 Å². The second-order valence-electron chi connectivity index (χ2n) is 4.89. The van der Waals surface area contributed by atoms with E-state index in [0.717, 1.165) is 19.6 Å². The number of nitrogens with zero attached hydrogens (tertiary/aromatic N) is 1. The van der Waals surface area contributed by atoms with Crippen molar-refractivity contribution in [3.05, 3.63) is 35.9 Å². The summed E-state index contributed by atoms with van der Waals surface area (Å²) in [5.74, 6) is 0.0244. The molecule has 1 aromatic carbocycles. The largest absolute Gasteiger partial charge is 0.358 e. The van der Waals surface area contributed by atoms with Gasteiger partial charge in [-0.2, -0.15) is 0 Å². The Bertz CT molecular complexity index is 390. The fourth-order valence-electron chi connectivity index (χ4n) is 2.39. The lowest BCUT2D eigenvalue weighted by Gasteiger charge is -2.31. The van der Waals surface area contributed by atoms with Gasteiger partial charge >= 0.3 is 0 Å². The van der Waals surface area contributed by atoms with Crippen LogP contribution in [0.4, 0.5) is 0 Å². The van der Waals surface area contributed by atoms with Gasteiger partial charge < -0.3 is 10.6 Å². The summed E-state index contributed by atoms with van der Waals surface area (Å²) in [6.45, 7) is 8.98. The molecule has 0 spiro atoms. The molecule has 0 saturated carbocycles. The predicted octanol–water partition coefficient (Wildman–Crippen LogP) is 1.79. The zero-order valence-corrected chi connectivity index (χ0v) is 13.0.